The van der Waals surface area contributed by atoms with E-state index in [-0.39, 0.29) is 0 Å². The third-order valence-corrected chi connectivity index (χ3v) is 2.45. The molecule has 2 rings (SSSR count). The van der Waals surface area contributed by atoms with Gasteiger partial charge in [-0.1, -0.05) is 30.3 Å². The van der Waals surface area contributed by atoms with Gasteiger partial charge in [-0.3, -0.25) is 0 Å². The van der Waals surface area contributed by atoms with Crippen molar-refractivity contribution in [2.75, 3.05) is 7.11 Å². The molecule has 0 atom stereocenters. The summed E-state index contributed by atoms with van der Waals surface area (Å²) in [4.78, 5) is 4.32. The number of rotatable bonds is 3. The van der Waals surface area contributed by atoms with E-state index in [4.69, 9.17) is 4.74 Å². The summed E-state index contributed by atoms with van der Waals surface area (Å²) in [5.74, 6) is 0.712. The lowest BCUT2D eigenvalue weighted by Gasteiger charge is -2.02. The van der Waals surface area contributed by atoms with Crippen LogP contribution in [0.4, 0.5) is 5.69 Å². The van der Waals surface area contributed by atoms with Crippen molar-refractivity contribution in [1.82, 2.24) is 0 Å². The van der Waals surface area contributed by atoms with Crippen molar-refractivity contribution in [3.05, 3.63) is 60.2 Å². The van der Waals surface area contributed by atoms with Crippen molar-refractivity contribution in [1.29, 1.82) is 5.26 Å². The molecule has 0 saturated heterocycles. The molecular formula is C15H12N2O. The van der Waals surface area contributed by atoms with Gasteiger partial charge < -0.3 is 4.74 Å². The minimum atomic E-state index is 0.375. The molecule has 0 unspecified atom stereocenters. The lowest BCUT2D eigenvalue weighted by Crippen LogP contribution is -1.97. The molecule has 0 saturated carbocycles. The number of nitrogens with zero attached hydrogens (tertiary/aromatic N) is 2. The van der Waals surface area contributed by atoms with Crippen LogP contribution in [0.15, 0.2) is 59.6 Å². The van der Waals surface area contributed by atoms with Gasteiger partial charge >= 0.3 is 0 Å². The van der Waals surface area contributed by atoms with Gasteiger partial charge in [-0.25, -0.2) is 4.99 Å². The first kappa shape index (κ1) is 11.9. The van der Waals surface area contributed by atoms with Gasteiger partial charge in [0.25, 0.3) is 0 Å². The molecule has 0 fully saturated rings. The molecule has 0 aliphatic carbocycles. The van der Waals surface area contributed by atoms with Gasteiger partial charge in [-0.05, 0) is 24.3 Å². The topological polar surface area (TPSA) is 45.4 Å². The maximum atomic E-state index is 9.18. The van der Waals surface area contributed by atoms with E-state index >= 15 is 0 Å². The second kappa shape index (κ2) is 5.65. The van der Waals surface area contributed by atoms with E-state index in [2.05, 4.69) is 11.1 Å². The van der Waals surface area contributed by atoms with Gasteiger partial charge in [-0.2, -0.15) is 5.26 Å². The summed E-state index contributed by atoms with van der Waals surface area (Å²) in [6.07, 6.45) is 0. The molecule has 88 valence electrons. The monoisotopic (exact) mass is 236 g/mol. The van der Waals surface area contributed by atoms with Crippen molar-refractivity contribution in [2.45, 2.75) is 0 Å². The SMILES string of the molecule is COc1cccc(C(C#N)=Nc2ccccc2)c1. The molecule has 0 bridgehead atoms. The summed E-state index contributed by atoms with van der Waals surface area (Å²) in [5, 5.41) is 9.18. The maximum Gasteiger partial charge on any atom is 0.148 e. The van der Waals surface area contributed by atoms with E-state index in [9.17, 15) is 5.26 Å². The molecule has 3 nitrogen and oxygen atoms in total. The Morgan fingerprint density at radius 1 is 1.11 bits per heavy atom. The summed E-state index contributed by atoms with van der Waals surface area (Å²) in [5.41, 5.74) is 1.89. The fourth-order valence-electron chi connectivity index (χ4n) is 1.56. The van der Waals surface area contributed by atoms with E-state index in [1.54, 1.807) is 13.2 Å². The average Bonchev–Trinajstić information content (AvgIpc) is 2.46. The van der Waals surface area contributed by atoms with Crippen molar-refractivity contribution >= 4 is 11.4 Å². The summed E-state index contributed by atoms with van der Waals surface area (Å²) in [6, 6.07) is 18.8. The number of hydrogen-bond donors (Lipinski definition) is 0. The van der Waals surface area contributed by atoms with E-state index in [0.29, 0.717) is 11.5 Å². The van der Waals surface area contributed by atoms with E-state index in [1.165, 1.54) is 0 Å². The first-order valence-electron chi connectivity index (χ1n) is 5.52. The first-order valence-corrected chi connectivity index (χ1v) is 5.52. The van der Waals surface area contributed by atoms with E-state index < -0.39 is 0 Å². The molecule has 0 aromatic heterocycles. The fourth-order valence-corrected chi connectivity index (χ4v) is 1.56. The predicted molar refractivity (Wildman–Crippen MR) is 71.2 cm³/mol. The number of nitriles is 1. The van der Waals surface area contributed by atoms with Crippen molar-refractivity contribution in [3.8, 4) is 11.8 Å². The third kappa shape index (κ3) is 2.74. The Morgan fingerprint density at radius 3 is 2.56 bits per heavy atom. The molecule has 2 aromatic carbocycles. The van der Waals surface area contributed by atoms with Gasteiger partial charge in [0.1, 0.15) is 17.5 Å². The van der Waals surface area contributed by atoms with Crippen LogP contribution in [-0.4, -0.2) is 12.8 Å². The Morgan fingerprint density at radius 2 is 1.89 bits per heavy atom. The highest BCUT2D eigenvalue weighted by molar-refractivity contribution is 6.12. The van der Waals surface area contributed by atoms with Crippen LogP contribution in [0.5, 0.6) is 5.75 Å². The quantitative estimate of drug-likeness (QED) is 0.767. The van der Waals surface area contributed by atoms with E-state index in [1.807, 2.05) is 48.5 Å². The van der Waals surface area contributed by atoms with Crippen LogP contribution in [0, 0.1) is 11.3 Å². The summed E-state index contributed by atoms with van der Waals surface area (Å²) >= 11 is 0. The summed E-state index contributed by atoms with van der Waals surface area (Å²) in [7, 11) is 1.60. The largest absolute Gasteiger partial charge is 0.497 e. The maximum absolute atomic E-state index is 9.18. The van der Waals surface area contributed by atoms with Crippen molar-refractivity contribution < 1.29 is 4.74 Å². The van der Waals surface area contributed by atoms with Crippen LogP contribution in [0.2, 0.25) is 0 Å². The lowest BCUT2D eigenvalue weighted by atomic mass is 10.1. The van der Waals surface area contributed by atoms with Gasteiger partial charge in [0.05, 0.1) is 12.8 Å². The Kier molecular flexibility index (Phi) is 3.72. The second-order valence-electron chi connectivity index (χ2n) is 3.64. The van der Waals surface area contributed by atoms with Gasteiger partial charge in [-0.15, -0.1) is 0 Å². The Hall–Kier alpha value is -2.60. The number of benzene rings is 2. The lowest BCUT2D eigenvalue weighted by molar-refractivity contribution is 0.414. The Balaban J connectivity index is 2.40. The van der Waals surface area contributed by atoms with Crippen LogP contribution in [-0.2, 0) is 0 Å². The number of aliphatic imine (C=N–C) groups is 1. The van der Waals surface area contributed by atoms with Crippen LogP contribution in [0.3, 0.4) is 0 Å². The molecule has 0 N–H and O–H groups in total. The zero-order chi connectivity index (χ0) is 12.8. The standard InChI is InChI=1S/C15H12N2O/c1-18-14-9-5-6-12(10-14)15(11-16)17-13-7-3-2-4-8-13/h2-10H,1H3. The molecule has 2 aromatic rings. The fraction of sp³-hybridized carbons (Fsp3) is 0.0667. The number of hydrogen-bond acceptors (Lipinski definition) is 3. The molecule has 0 aliphatic heterocycles. The number of ether oxygens (including phenoxy) is 1. The van der Waals surface area contributed by atoms with Gasteiger partial charge in [0, 0.05) is 5.56 Å². The Labute approximate surface area is 106 Å². The van der Waals surface area contributed by atoms with Crippen LogP contribution >= 0.6 is 0 Å². The predicted octanol–water partition coefficient (Wildman–Crippen LogP) is 3.34. The highest BCUT2D eigenvalue weighted by atomic mass is 16.5. The highest BCUT2D eigenvalue weighted by Gasteiger charge is 2.04. The van der Waals surface area contributed by atoms with Gasteiger partial charge in [0.2, 0.25) is 0 Å². The highest BCUT2D eigenvalue weighted by Crippen LogP contribution is 2.16. The van der Waals surface area contributed by atoms with Crippen molar-refractivity contribution in [3.63, 3.8) is 0 Å². The van der Waals surface area contributed by atoms with E-state index in [0.717, 1.165) is 11.3 Å². The van der Waals surface area contributed by atoms with Crippen molar-refractivity contribution in [2.24, 2.45) is 4.99 Å². The zero-order valence-corrected chi connectivity index (χ0v) is 10.00. The molecule has 0 heterocycles. The van der Waals surface area contributed by atoms with Gasteiger partial charge in [0.15, 0.2) is 0 Å². The Bertz CT molecular complexity index is 597. The number of para-hydroxylation sites is 1. The smallest absolute Gasteiger partial charge is 0.148 e. The summed E-state index contributed by atoms with van der Waals surface area (Å²) < 4.78 is 5.14. The molecule has 0 radical (unpaired) electrons. The van der Waals surface area contributed by atoms with Crippen LogP contribution < -0.4 is 4.74 Å². The summed E-state index contributed by atoms with van der Waals surface area (Å²) in [6.45, 7) is 0. The molecular weight excluding hydrogens is 224 g/mol. The first-order chi connectivity index (χ1) is 8.83. The molecule has 3 heteroatoms. The molecule has 18 heavy (non-hydrogen) atoms. The zero-order valence-electron chi connectivity index (χ0n) is 10.00. The normalized spacial score (nSPS) is 10.8. The second-order valence-corrected chi connectivity index (χ2v) is 3.64. The minimum absolute atomic E-state index is 0.375. The molecule has 0 aliphatic rings. The third-order valence-electron chi connectivity index (χ3n) is 2.45. The average molecular weight is 236 g/mol. The van der Waals surface area contributed by atoms with Crippen LogP contribution in [0.25, 0.3) is 0 Å². The minimum Gasteiger partial charge on any atom is -0.497 e. The number of methoxy groups -OCH3 is 1. The van der Waals surface area contributed by atoms with Crippen LogP contribution in [0.1, 0.15) is 5.56 Å². The molecule has 0 amide bonds. The molecule has 0 spiro atoms.